The van der Waals surface area contributed by atoms with Crippen LogP contribution in [0.3, 0.4) is 0 Å². The highest BCUT2D eigenvalue weighted by Crippen LogP contribution is 2.33. The molecule has 0 aliphatic carbocycles. The van der Waals surface area contributed by atoms with Crippen LogP contribution < -0.4 is 10.6 Å². The maximum Gasteiger partial charge on any atom is 0.257 e. The van der Waals surface area contributed by atoms with Gasteiger partial charge < -0.3 is 5.32 Å². The molecule has 1 saturated heterocycles. The second kappa shape index (κ2) is 8.76. The molecule has 4 rings (SSSR count). The Morgan fingerprint density at radius 3 is 2.77 bits per heavy atom. The second-order valence-electron chi connectivity index (χ2n) is 7.38. The molecule has 2 aromatic heterocycles. The lowest BCUT2D eigenvalue weighted by molar-refractivity contribution is -0.117. The van der Waals surface area contributed by atoms with E-state index in [9.17, 15) is 9.59 Å². The summed E-state index contributed by atoms with van der Waals surface area (Å²) in [7, 11) is 1.83. The molecule has 2 amide bonds. The third-order valence-electron chi connectivity index (χ3n) is 5.12. The summed E-state index contributed by atoms with van der Waals surface area (Å²) in [6.45, 7) is 3.00. The summed E-state index contributed by atoms with van der Waals surface area (Å²) in [4.78, 5) is 31.6. The molecule has 0 radical (unpaired) electrons. The summed E-state index contributed by atoms with van der Waals surface area (Å²) in [5.41, 5.74) is 3.02. The molecule has 30 heavy (non-hydrogen) atoms. The Morgan fingerprint density at radius 2 is 2.03 bits per heavy atom. The maximum absolute atomic E-state index is 12.5. The molecule has 1 aliphatic rings. The molecule has 0 saturated carbocycles. The number of likely N-dealkylation sites (tertiary alicyclic amines) is 1. The third kappa shape index (κ3) is 4.58. The molecular weight excluding hydrogens is 400 g/mol. The van der Waals surface area contributed by atoms with Crippen molar-refractivity contribution in [3.63, 3.8) is 0 Å². The van der Waals surface area contributed by atoms with Gasteiger partial charge in [-0.05, 0) is 38.4 Å². The number of nitrogens with zero attached hydrogens (tertiary/aromatic N) is 4. The lowest BCUT2D eigenvalue weighted by Crippen LogP contribution is -2.33. The molecule has 1 atom stereocenters. The van der Waals surface area contributed by atoms with Gasteiger partial charge in [-0.3, -0.25) is 24.5 Å². The molecule has 3 aromatic rings. The van der Waals surface area contributed by atoms with Crippen LogP contribution in [0.5, 0.6) is 0 Å². The molecule has 9 heteroatoms. The Kier molecular flexibility index (Phi) is 5.91. The summed E-state index contributed by atoms with van der Waals surface area (Å²) in [6.07, 6.45) is 3.75. The van der Waals surface area contributed by atoms with Crippen LogP contribution >= 0.6 is 11.3 Å². The first-order chi connectivity index (χ1) is 14.5. The highest BCUT2D eigenvalue weighted by molar-refractivity contribution is 7.14. The van der Waals surface area contributed by atoms with Crippen LogP contribution in [-0.2, 0) is 11.8 Å². The maximum atomic E-state index is 12.5. The molecule has 156 valence electrons. The van der Waals surface area contributed by atoms with Gasteiger partial charge in [-0.1, -0.05) is 18.2 Å². The largest absolute Gasteiger partial charge is 0.322 e. The fourth-order valence-electron chi connectivity index (χ4n) is 3.70. The van der Waals surface area contributed by atoms with Crippen molar-refractivity contribution in [2.45, 2.75) is 25.8 Å². The Labute approximate surface area is 178 Å². The monoisotopic (exact) mass is 424 g/mol. The van der Waals surface area contributed by atoms with Crippen molar-refractivity contribution < 1.29 is 9.59 Å². The molecular formula is C21H24N6O2S. The molecule has 2 N–H and O–H groups in total. The Morgan fingerprint density at radius 1 is 1.23 bits per heavy atom. The van der Waals surface area contributed by atoms with E-state index in [1.165, 1.54) is 11.3 Å². The normalized spacial score (nSPS) is 16.5. The van der Waals surface area contributed by atoms with Crippen LogP contribution in [-0.4, -0.2) is 44.6 Å². The fraction of sp³-hybridized carbons (Fsp3) is 0.333. The van der Waals surface area contributed by atoms with Gasteiger partial charge in [0, 0.05) is 24.2 Å². The predicted octanol–water partition coefficient (Wildman–Crippen LogP) is 3.21. The zero-order valence-electron chi connectivity index (χ0n) is 17.0. The zero-order chi connectivity index (χ0) is 21.1. The van der Waals surface area contributed by atoms with E-state index < -0.39 is 0 Å². The van der Waals surface area contributed by atoms with Gasteiger partial charge in [0.05, 0.1) is 29.7 Å². The quantitative estimate of drug-likeness (QED) is 0.634. The van der Waals surface area contributed by atoms with E-state index in [1.807, 2.05) is 37.6 Å². The number of carbonyl (C=O) groups excluding carboxylic acids is 2. The first-order valence-electron chi connectivity index (χ1n) is 9.85. The van der Waals surface area contributed by atoms with Gasteiger partial charge in [0.1, 0.15) is 0 Å². The van der Waals surface area contributed by atoms with Crippen LogP contribution in [0.4, 0.5) is 10.8 Å². The number of aromatic nitrogens is 3. The van der Waals surface area contributed by atoms with Crippen molar-refractivity contribution in [2.75, 3.05) is 23.7 Å². The topological polar surface area (TPSA) is 92.2 Å². The van der Waals surface area contributed by atoms with Crippen LogP contribution in [0.1, 0.15) is 40.6 Å². The summed E-state index contributed by atoms with van der Waals surface area (Å²) in [6, 6.07) is 9.15. The number of carbonyl (C=O) groups is 2. The number of hydrogen-bond acceptors (Lipinski definition) is 6. The summed E-state index contributed by atoms with van der Waals surface area (Å²) >= 11 is 1.41. The van der Waals surface area contributed by atoms with E-state index in [0.29, 0.717) is 17.2 Å². The smallest absolute Gasteiger partial charge is 0.257 e. The van der Waals surface area contributed by atoms with E-state index in [0.717, 1.165) is 36.5 Å². The van der Waals surface area contributed by atoms with Gasteiger partial charge in [-0.15, -0.1) is 11.3 Å². The second-order valence-corrected chi connectivity index (χ2v) is 8.23. The minimum atomic E-state index is -0.175. The van der Waals surface area contributed by atoms with Crippen LogP contribution in [0, 0.1) is 6.92 Å². The summed E-state index contributed by atoms with van der Waals surface area (Å²) < 4.78 is 1.68. The van der Waals surface area contributed by atoms with E-state index in [4.69, 9.17) is 0 Å². The van der Waals surface area contributed by atoms with Crippen LogP contribution in [0.25, 0.3) is 0 Å². The van der Waals surface area contributed by atoms with E-state index >= 15 is 0 Å². The molecule has 8 nitrogen and oxygen atoms in total. The molecule has 0 bridgehead atoms. The highest BCUT2D eigenvalue weighted by Gasteiger charge is 2.29. The number of aryl methyl sites for hydroxylation is 2. The number of thiazole rings is 1. The third-order valence-corrected chi connectivity index (χ3v) is 5.89. The van der Waals surface area contributed by atoms with E-state index in [-0.39, 0.29) is 17.9 Å². The van der Waals surface area contributed by atoms with Gasteiger partial charge >= 0.3 is 0 Å². The van der Waals surface area contributed by atoms with Crippen molar-refractivity contribution in [3.8, 4) is 0 Å². The predicted molar refractivity (Wildman–Crippen MR) is 117 cm³/mol. The van der Waals surface area contributed by atoms with Crippen molar-refractivity contribution in [3.05, 3.63) is 58.9 Å². The lowest BCUT2D eigenvalue weighted by Gasteiger charge is -2.22. The SMILES string of the molecule is Cc1nn(C)cc1NC(=O)CN1CCC[C@@H]1c1csc(NC(=O)c2ccccc2)n1. The van der Waals surface area contributed by atoms with Gasteiger partial charge in [0.2, 0.25) is 5.91 Å². The fourth-order valence-corrected chi connectivity index (χ4v) is 4.45. The standard InChI is InChI=1S/C21H24N6O2S/c1-14-16(11-26(2)25-14)22-19(28)12-27-10-6-9-18(27)17-13-30-21(23-17)24-20(29)15-7-4-3-5-8-15/h3-5,7-8,11,13,18H,6,9-10,12H2,1-2H3,(H,22,28)(H,23,24,29)/t18-/m1/s1. The van der Waals surface area contributed by atoms with Gasteiger partial charge in [0.25, 0.3) is 5.91 Å². The number of nitrogens with one attached hydrogen (secondary N) is 2. The molecule has 3 heterocycles. The molecule has 0 unspecified atom stereocenters. The van der Waals surface area contributed by atoms with E-state index in [1.54, 1.807) is 23.0 Å². The first-order valence-corrected chi connectivity index (χ1v) is 10.7. The summed E-state index contributed by atoms with van der Waals surface area (Å²) in [5.74, 6) is -0.239. The van der Waals surface area contributed by atoms with Crippen molar-refractivity contribution in [1.82, 2.24) is 19.7 Å². The Balaban J connectivity index is 1.38. The van der Waals surface area contributed by atoms with Crippen LogP contribution in [0.2, 0.25) is 0 Å². The molecule has 0 spiro atoms. The highest BCUT2D eigenvalue weighted by atomic mass is 32.1. The first kappa shape index (κ1) is 20.2. The minimum Gasteiger partial charge on any atom is -0.322 e. The average molecular weight is 425 g/mol. The summed E-state index contributed by atoms with van der Waals surface area (Å²) in [5, 5.41) is 12.6. The number of amides is 2. The van der Waals surface area contributed by atoms with E-state index in [2.05, 4.69) is 25.6 Å². The minimum absolute atomic E-state index is 0.0640. The Bertz CT molecular complexity index is 1040. The molecule has 1 fully saturated rings. The van der Waals surface area contributed by atoms with Crippen LogP contribution in [0.15, 0.2) is 41.9 Å². The molecule has 1 aromatic carbocycles. The van der Waals surface area contributed by atoms with Crippen molar-refractivity contribution >= 4 is 34.0 Å². The Hall–Kier alpha value is -3.04. The number of anilines is 2. The number of rotatable bonds is 6. The lowest BCUT2D eigenvalue weighted by atomic mass is 10.1. The number of hydrogen-bond donors (Lipinski definition) is 2. The van der Waals surface area contributed by atoms with Crippen molar-refractivity contribution in [1.29, 1.82) is 0 Å². The number of benzene rings is 1. The van der Waals surface area contributed by atoms with Gasteiger partial charge in [-0.2, -0.15) is 5.10 Å². The van der Waals surface area contributed by atoms with Crippen molar-refractivity contribution in [2.24, 2.45) is 7.05 Å². The molecule has 1 aliphatic heterocycles. The zero-order valence-corrected chi connectivity index (χ0v) is 17.8. The average Bonchev–Trinajstić information content (AvgIpc) is 3.43. The van der Waals surface area contributed by atoms with Gasteiger partial charge in [-0.25, -0.2) is 4.98 Å². The van der Waals surface area contributed by atoms with Gasteiger partial charge in [0.15, 0.2) is 5.13 Å².